The fraction of sp³-hybridized carbons (Fsp3) is 0.383. The van der Waals surface area contributed by atoms with Crippen molar-refractivity contribution in [2.24, 2.45) is 28.6 Å². The van der Waals surface area contributed by atoms with Crippen molar-refractivity contribution in [3.63, 3.8) is 0 Å². The normalized spacial score (nSPS) is 11.9. The van der Waals surface area contributed by atoms with E-state index in [2.05, 4.69) is 90.7 Å². The minimum Gasteiger partial charge on any atom is -0.485 e. The van der Waals surface area contributed by atoms with Gasteiger partial charge in [-0.2, -0.15) is 10.2 Å². The molecule has 5 aromatic rings. The first kappa shape index (κ1) is 56.6. The zero-order valence-electron chi connectivity index (χ0n) is 39.7. The fourth-order valence-corrected chi connectivity index (χ4v) is 6.79. The number of anilines is 2. The Morgan fingerprint density at radius 2 is 1.75 bits per heavy atom. The third-order valence-corrected chi connectivity index (χ3v) is 9.76. The molecule has 1 saturated heterocycles. The first-order valence-corrected chi connectivity index (χ1v) is 22.5. The van der Waals surface area contributed by atoms with Gasteiger partial charge < -0.3 is 47.3 Å². The van der Waals surface area contributed by atoms with Crippen LogP contribution < -0.4 is 42.5 Å². The van der Waals surface area contributed by atoms with Gasteiger partial charge in [0.1, 0.15) is 29.8 Å². The van der Waals surface area contributed by atoms with Crippen LogP contribution >= 0.6 is 11.8 Å². The highest BCUT2D eigenvalue weighted by Crippen LogP contribution is 2.32. The Labute approximate surface area is 388 Å². The summed E-state index contributed by atoms with van der Waals surface area (Å²) in [6.45, 7) is 22.0. The molecule has 0 radical (unpaired) electrons. The first-order chi connectivity index (χ1) is 31.6. The Morgan fingerprint density at radius 3 is 2.32 bits per heavy atom. The van der Waals surface area contributed by atoms with E-state index in [0.717, 1.165) is 60.7 Å². The fourth-order valence-electron chi connectivity index (χ4n) is 5.86. The van der Waals surface area contributed by atoms with Crippen molar-refractivity contribution in [3.05, 3.63) is 95.8 Å². The van der Waals surface area contributed by atoms with Gasteiger partial charge in [0.25, 0.3) is 0 Å². The molecule has 65 heavy (non-hydrogen) atoms. The van der Waals surface area contributed by atoms with Crippen LogP contribution in [0.1, 0.15) is 66.1 Å². The highest BCUT2D eigenvalue weighted by Gasteiger charge is 2.18. The van der Waals surface area contributed by atoms with E-state index in [-0.39, 0.29) is 23.0 Å². The number of carbonyl (C=O) groups excluding carboxylic acids is 2. The van der Waals surface area contributed by atoms with Crippen molar-refractivity contribution < 1.29 is 18.7 Å². The minimum atomic E-state index is -0.497. The number of hydrogen-bond donors (Lipinski definition) is 6. The average molecular weight is 916 g/mol. The SMILES string of the molecule is C=Nn1cnc(/C(C=N)=C/N)c(OC(C)C)c1=Nc1ccc(Sc2cccc(CC)c2)cc1F.CC.CC.CN.CNc1nn(C)c2cc(N3CCNCC3)ccc12.O=CCCNC=O. The van der Waals surface area contributed by atoms with Gasteiger partial charge in [0, 0.05) is 98.8 Å². The molecule has 1 amide bonds. The monoisotopic (exact) mass is 916 g/mol. The summed E-state index contributed by atoms with van der Waals surface area (Å²) in [5.41, 5.74) is 14.8. The number of nitrogens with one attached hydrogen (secondary N) is 4. The van der Waals surface area contributed by atoms with Crippen LogP contribution in [0, 0.1) is 11.2 Å². The number of aromatic nitrogens is 4. The van der Waals surface area contributed by atoms with Crippen molar-refractivity contribution in [1.82, 2.24) is 30.1 Å². The molecule has 0 atom stereocenters. The molecular formula is C47H70FN13O3S. The predicted molar refractivity (Wildman–Crippen MR) is 268 cm³/mol. The lowest BCUT2D eigenvalue weighted by atomic mass is 10.2. The van der Waals surface area contributed by atoms with Crippen molar-refractivity contribution >= 4 is 71.1 Å². The van der Waals surface area contributed by atoms with E-state index in [1.165, 1.54) is 64.2 Å². The van der Waals surface area contributed by atoms with Crippen LogP contribution in [0.4, 0.5) is 21.6 Å². The number of nitrogens with two attached hydrogens (primary N) is 2. The second-order valence-electron chi connectivity index (χ2n) is 13.2. The second kappa shape index (κ2) is 32.3. The molecule has 0 bridgehead atoms. The van der Waals surface area contributed by atoms with Crippen LogP contribution in [-0.4, -0.2) is 98.0 Å². The first-order valence-electron chi connectivity index (χ1n) is 21.7. The van der Waals surface area contributed by atoms with E-state index in [0.29, 0.717) is 30.6 Å². The maximum atomic E-state index is 15.1. The van der Waals surface area contributed by atoms with Crippen LogP contribution in [0.3, 0.4) is 0 Å². The maximum Gasteiger partial charge on any atom is 0.207 e. The van der Waals surface area contributed by atoms with Crippen LogP contribution in [0.5, 0.6) is 5.75 Å². The number of rotatable bonds is 15. The third-order valence-electron chi connectivity index (χ3n) is 8.78. The number of allylic oxidation sites excluding steroid dienone is 1. The number of hydrogen-bond acceptors (Lipinski definition) is 14. The van der Waals surface area contributed by atoms with Gasteiger partial charge in [-0.3, -0.25) is 9.48 Å². The van der Waals surface area contributed by atoms with E-state index in [4.69, 9.17) is 15.9 Å². The predicted octanol–water partition coefficient (Wildman–Crippen LogP) is 7.14. The number of ether oxygens (including phenoxy) is 1. The van der Waals surface area contributed by atoms with Gasteiger partial charge in [0.05, 0.1) is 11.6 Å². The molecule has 18 heteroatoms. The second-order valence-corrected chi connectivity index (χ2v) is 14.3. The number of aryl methyl sites for hydroxylation is 2. The summed E-state index contributed by atoms with van der Waals surface area (Å²) in [5, 5.41) is 26.0. The van der Waals surface area contributed by atoms with Gasteiger partial charge >= 0.3 is 0 Å². The topological polar surface area (TPSA) is 219 Å². The number of fused-ring (bicyclic) bond motifs is 1. The van der Waals surface area contributed by atoms with Crippen molar-refractivity contribution in [2.75, 3.05) is 57.0 Å². The number of amides is 1. The van der Waals surface area contributed by atoms with Gasteiger partial charge in [-0.1, -0.05) is 58.5 Å². The summed E-state index contributed by atoms with van der Waals surface area (Å²) in [6.07, 6.45) is 6.10. The number of aldehydes is 1. The van der Waals surface area contributed by atoms with Gasteiger partial charge in [-0.25, -0.2) is 19.0 Å². The summed E-state index contributed by atoms with van der Waals surface area (Å²) in [6, 6.07) is 19.6. The molecule has 2 aromatic heterocycles. The van der Waals surface area contributed by atoms with Crippen molar-refractivity contribution in [3.8, 4) is 5.75 Å². The number of piperazine rings is 1. The Balaban J connectivity index is 0.000000565. The summed E-state index contributed by atoms with van der Waals surface area (Å²) in [4.78, 5) is 32.0. The summed E-state index contributed by atoms with van der Waals surface area (Å²) in [5.74, 6) is 0.668. The molecule has 1 fully saturated rings. The third kappa shape index (κ3) is 17.6. The van der Waals surface area contributed by atoms with E-state index in [1.807, 2.05) is 78.5 Å². The van der Waals surface area contributed by atoms with Crippen LogP contribution in [-0.2, 0) is 23.1 Å². The molecule has 1 aliphatic rings. The van der Waals surface area contributed by atoms with Gasteiger partial charge in [-0.15, -0.1) is 0 Å². The lowest BCUT2D eigenvalue weighted by molar-refractivity contribution is -0.110. The Bertz CT molecular complexity index is 2300. The van der Waals surface area contributed by atoms with Crippen LogP contribution in [0.2, 0.25) is 0 Å². The smallest absolute Gasteiger partial charge is 0.207 e. The zero-order chi connectivity index (χ0) is 48.7. The number of carbonyl (C=O) groups is 2. The standard InChI is InChI=1S/C25H27FN6OS.C13H19N5.C4H7NO2.2C2H6.CH5N/c1-5-17-7-6-8-19(11-17)34-20-9-10-22(21(26)12-20)31-25-24(33-16(2)3)23(18(13-27)14-28)30-15-32(25)29-4;1-14-13-11-4-3-10(9-12(11)17(2)16-13)18-7-5-15-6-8-18;6-3-1-2-5-4-7;3*1-2/h6-16,27H,4-5,28H2,1-3H3;3-4,9,15H,5-8H2,1-2H3,(H,14,16);3-4H,1-2H2,(H,5,7);2*1-2H3;2H2,1H3/b18-14+,27-13?,31-25?;;;;;. The molecule has 354 valence electrons. The molecular weight excluding hydrogens is 846 g/mol. The molecule has 0 aliphatic carbocycles. The quantitative estimate of drug-likeness (QED) is 0.0352. The molecule has 0 saturated carbocycles. The van der Waals surface area contributed by atoms with Gasteiger partial charge in [0.2, 0.25) is 11.9 Å². The summed E-state index contributed by atoms with van der Waals surface area (Å²) >= 11 is 1.48. The Morgan fingerprint density at radius 1 is 1.06 bits per heavy atom. The molecule has 3 heterocycles. The van der Waals surface area contributed by atoms with E-state index in [9.17, 15) is 9.59 Å². The minimum absolute atomic E-state index is 0.1000. The number of benzene rings is 3. The number of nitrogens with zero attached hydrogens (tertiary/aromatic N) is 7. The highest BCUT2D eigenvalue weighted by atomic mass is 32.2. The van der Waals surface area contributed by atoms with Crippen LogP contribution in [0.25, 0.3) is 16.5 Å². The van der Waals surface area contributed by atoms with Crippen molar-refractivity contribution in [1.29, 1.82) is 5.41 Å². The molecule has 0 spiro atoms. The molecule has 8 N–H and O–H groups in total. The lowest BCUT2D eigenvalue weighted by Crippen LogP contribution is -2.43. The Kier molecular flexibility index (Phi) is 28.2. The molecule has 1 aliphatic heterocycles. The van der Waals surface area contributed by atoms with Gasteiger partial charge in [-0.05, 0) is 81.4 Å². The lowest BCUT2D eigenvalue weighted by Gasteiger charge is -2.29. The van der Waals surface area contributed by atoms with E-state index >= 15 is 4.39 Å². The number of halogens is 1. The van der Waals surface area contributed by atoms with Crippen molar-refractivity contribution in [2.45, 2.75) is 77.2 Å². The largest absolute Gasteiger partial charge is 0.485 e. The maximum absolute atomic E-state index is 15.1. The molecule has 0 unspecified atom stereocenters. The molecule has 3 aromatic carbocycles. The van der Waals surface area contributed by atoms with Crippen LogP contribution in [0.15, 0.2) is 93.1 Å². The highest BCUT2D eigenvalue weighted by molar-refractivity contribution is 7.99. The average Bonchev–Trinajstić information content (AvgIpc) is 3.68. The Hall–Kier alpha value is -6.37. The molecule has 6 rings (SSSR count). The zero-order valence-corrected chi connectivity index (χ0v) is 40.5. The van der Waals surface area contributed by atoms with E-state index < -0.39 is 5.82 Å². The molecule has 16 nitrogen and oxygen atoms in total. The van der Waals surface area contributed by atoms with E-state index in [1.54, 1.807) is 6.07 Å². The van der Waals surface area contributed by atoms with Gasteiger partial charge in [0.15, 0.2) is 11.6 Å². The summed E-state index contributed by atoms with van der Waals surface area (Å²) in [7, 11) is 5.40. The summed E-state index contributed by atoms with van der Waals surface area (Å²) < 4.78 is 24.3.